The number of hydrogen-bond acceptors (Lipinski definition) is 6. The SMILES string of the molecule is COc1cc2c(cc1OC)CN(CC(=O)Nc1ccc3c(c1)/C(=C/c1cnc[nH]1)C(=O)N3)CC2. The Hall–Kier alpha value is -4.11. The molecule has 0 unspecified atom stereocenters. The summed E-state index contributed by atoms with van der Waals surface area (Å²) in [5.41, 5.74) is 5.68. The van der Waals surface area contributed by atoms with E-state index < -0.39 is 0 Å². The topological polar surface area (TPSA) is 109 Å². The zero-order valence-electron chi connectivity index (χ0n) is 19.0. The first-order chi connectivity index (χ1) is 16.5. The van der Waals surface area contributed by atoms with Crippen molar-refractivity contribution in [2.75, 3.05) is 37.9 Å². The maximum absolute atomic E-state index is 12.8. The number of carbonyl (C=O) groups excluding carboxylic acids is 2. The van der Waals surface area contributed by atoms with Crippen molar-refractivity contribution in [3.8, 4) is 11.5 Å². The van der Waals surface area contributed by atoms with Gasteiger partial charge < -0.3 is 25.1 Å². The number of nitrogens with zero attached hydrogens (tertiary/aromatic N) is 2. The Morgan fingerprint density at radius 1 is 1.18 bits per heavy atom. The molecule has 34 heavy (non-hydrogen) atoms. The van der Waals surface area contributed by atoms with Gasteiger partial charge >= 0.3 is 0 Å². The largest absolute Gasteiger partial charge is 0.493 e. The third-order valence-corrected chi connectivity index (χ3v) is 6.07. The van der Waals surface area contributed by atoms with Crippen molar-refractivity contribution in [1.82, 2.24) is 14.9 Å². The molecular formula is C25H25N5O4. The van der Waals surface area contributed by atoms with Gasteiger partial charge in [0.05, 0.1) is 44.6 Å². The van der Waals surface area contributed by atoms with E-state index in [1.54, 1.807) is 45.0 Å². The minimum absolute atomic E-state index is 0.111. The number of amides is 2. The summed E-state index contributed by atoms with van der Waals surface area (Å²) >= 11 is 0. The van der Waals surface area contributed by atoms with E-state index in [0.717, 1.165) is 35.5 Å². The van der Waals surface area contributed by atoms with Gasteiger partial charge in [0, 0.05) is 30.0 Å². The van der Waals surface area contributed by atoms with Crippen LogP contribution in [0.4, 0.5) is 11.4 Å². The summed E-state index contributed by atoms with van der Waals surface area (Å²) in [6, 6.07) is 9.40. The molecule has 0 atom stereocenters. The number of carbonyl (C=O) groups is 2. The summed E-state index contributed by atoms with van der Waals surface area (Å²) in [4.78, 5) is 34.3. The summed E-state index contributed by atoms with van der Waals surface area (Å²) in [6.07, 6.45) is 5.78. The average molecular weight is 460 g/mol. The first-order valence-corrected chi connectivity index (χ1v) is 11.0. The van der Waals surface area contributed by atoms with Gasteiger partial charge in [-0.25, -0.2) is 4.98 Å². The second-order valence-electron chi connectivity index (χ2n) is 8.26. The lowest BCUT2D eigenvalue weighted by Crippen LogP contribution is -2.37. The zero-order chi connectivity index (χ0) is 23.7. The van der Waals surface area contributed by atoms with E-state index in [4.69, 9.17) is 9.47 Å². The monoisotopic (exact) mass is 459 g/mol. The van der Waals surface area contributed by atoms with Gasteiger partial charge in [0.15, 0.2) is 11.5 Å². The van der Waals surface area contributed by atoms with Crippen LogP contribution in [0.3, 0.4) is 0 Å². The molecule has 0 spiro atoms. The Bertz CT molecular complexity index is 1280. The van der Waals surface area contributed by atoms with E-state index in [0.29, 0.717) is 29.2 Å². The number of fused-ring (bicyclic) bond motifs is 2. The maximum atomic E-state index is 12.8. The van der Waals surface area contributed by atoms with E-state index >= 15 is 0 Å². The molecule has 0 fully saturated rings. The van der Waals surface area contributed by atoms with Gasteiger partial charge in [0.25, 0.3) is 5.91 Å². The predicted molar refractivity (Wildman–Crippen MR) is 129 cm³/mol. The van der Waals surface area contributed by atoms with Gasteiger partial charge in [-0.1, -0.05) is 0 Å². The van der Waals surface area contributed by atoms with E-state index in [9.17, 15) is 9.59 Å². The first-order valence-electron chi connectivity index (χ1n) is 11.0. The molecule has 3 aromatic rings. The molecule has 0 aliphatic carbocycles. The van der Waals surface area contributed by atoms with Crippen LogP contribution >= 0.6 is 0 Å². The summed E-state index contributed by atoms with van der Waals surface area (Å²) in [6.45, 7) is 1.69. The fraction of sp³-hybridized carbons (Fsp3) is 0.240. The molecule has 0 radical (unpaired) electrons. The smallest absolute Gasteiger partial charge is 0.256 e. The molecule has 2 aromatic carbocycles. The molecule has 2 aliphatic heterocycles. The fourth-order valence-electron chi connectivity index (χ4n) is 4.39. The Kier molecular flexibility index (Phi) is 5.77. The van der Waals surface area contributed by atoms with Gasteiger partial charge in [0.2, 0.25) is 5.91 Å². The minimum atomic E-state index is -0.188. The molecule has 0 saturated heterocycles. The molecule has 9 heteroatoms. The third-order valence-electron chi connectivity index (χ3n) is 6.07. The van der Waals surface area contributed by atoms with Crippen LogP contribution in [-0.4, -0.2) is 54.0 Å². The van der Waals surface area contributed by atoms with Gasteiger partial charge in [-0.3, -0.25) is 14.5 Å². The molecule has 9 nitrogen and oxygen atoms in total. The minimum Gasteiger partial charge on any atom is -0.493 e. The number of aromatic nitrogens is 2. The maximum Gasteiger partial charge on any atom is 0.256 e. The lowest BCUT2D eigenvalue weighted by molar-refractivity contribution is -0.117. The fourth-order valence-corrected chi connectivity index (χ4v) is 4.39. The van der Waals surface area contributed by atoms with E-state index in [1.165, 1.54) is 5.56 Å². The first kappa shape index (κ1) is 21.7. The lowest BCUT2D eigenvalue weighted by atomic mass is 9.99. The quantitative estimate of drug-likeness (QED) is 0.489. The summed E-state index contributed by atoms with van der Waals surface area (Å²) in [5.74, 6) is 1.11. The highest BCUT2D eigenvalue weighted by atomic mass is 16.5. The number of imidazole rings is 1. The van der Waals surface area contributed by atoms with Crippen LogP contribution in [0.1, 0.15) is 22.4 Å². The molecule has 174 valence electrons. The Balaban J connectivity index is 1.27. The third kappa shape index (κ3) is 4.25. The van der Waals surface area contributed by atoms with Crippen molar-refractivity contribution in [2.24, 2.45) is 0 Å². The summed E-state index contributed by atoms with van der Waals surface area (Å²) < 4.78 is 10.8. The second kappa shape index (κ2) is 9.03. The van der Waals surface area contributed by atoms with Gasteiger partial charge in [-0.2, -0.15) is 0 Å². The van der Waals surface area contributed by atoms with Crippen LogP contribution in [0.25, 0.3) is 11.6 Å². The van der Waals surface area contributed by atoms with Crippen molar-refractivity contribution >= 4 is 34.8 Å². The van der Waals surface area contributed by atoms with Crippen molar-refractivity contribution in [3.63, 3.8) is 0 Å². The van der Waals surface area contributed by atoms with Crippen LogP contribution in [0.15, 0.2) is 42.9 Å². The van der Waals surface area contributed by atoms with Gasteiger partial charge in [-0.15, -0.1) is 0 Å². The number of hydrogen-bond donors (Lipinski definition) is 3. The molecule has 3 heterocycles. The van der Waals surface area contributed by atoms with Crippen molar-refractivity contribution in [1.29, 1.82) is 0 Å². The normalized spacial score (nSPS) is 16.1. The van der Waals surface area contributed by atoms with E-state index in [2.05, 4.69) is 25.5 Å². The number of benzene rings is 2. The lowest BCUT2D eigenvalue weighted by Gasteiger charge is -2.29. The number of methoxy groups -OCH3 is 2. The summed E-state index contributed by atoms with van der Waals surface area (Å²) in [7, 11) is 3.25. The van der Waals surface area contributed by atoms with Crippen molar-refractivity contribution in [3.05, 3.63) is 65.2 Å². The summed E-state index contributed by atoms with van der Waals surface area (Å²) in [5, 5.41) is 5.82. The molecule has 2 aliphatic rings. The standard InChI is InChI=1S/C25H25N5O4/c1-33-22-7-15-5-6-30(12-16(15)8-23(22)34-2)13-24(31)28-17-3-4-21-19(9-17)20(25(32)29-21)10-18-11-26-14-27-18/h3-4,7-11,14H,5-6,12-13H2,1-2H3,(H,26,27)(H,28,31)(H,29,32)/b20-10-. The molecule has 0 bridgehead atoms. The molecule has 0 saturated carbocycles. The highest BCUT2D eigenvalue weighted by Gasteiger charge is 2.25. The van der Waals surface area contributed by atoms with Crippen LogP contribution in [0.2, 0.25) is 0 Å². The van der Waals surface area contributed by atoms with Crippen LogP contribution in [0, 0.1) is 0 Å². The molecule has 3 N–H and O–H groups in total. The number of anilines is 2. The van der Waals surface area contributed by atoms with Crippen molar-refractivity contribution in [2.45, 2.75) is 13.0 Å². The van der Waals surface area contributed by atoms with Crippen molar-refractivity contribution < 1.29 is 19.1 Å². The Morgan fingerprint density at radius 2 is 1.97 bits per heavy atom. The van der Waals surface area contributed by atoms with Crippen LogP contribution in [-0.2, 0) is 22.6 Å². The average Bonchev–Trinajstić information content (AvgIpc) is 3.46. The van der Waals surface area contributed by atoms with Crippen LogP contribution in [0.5, 0.6) is 11.5 Å². The van der Waals surface area contributed by atoms with Gasteiger partial charge in [0.1, 0.15) is 0 Å². The number of H-pyrrole nitrogens is 1. The van der Waals surface area contributed by atoms with E-state index in [-0.39, 0.29) is 18.4 Å². The number of nitrogens with one attached hydrogen (secondary N) is 3. The number of rotatable bonds is 6. The van der Waals surface area contributed by atoms with Crippen LogP contribution < -0.4 is 20.1 Å². The highest BCUT2D eigenvalue weighted by molar-refractivity contribution is 6.35. The Morgan fingerprint density at radius 3 is 2.71 bits per heavy atom. The molecular weight excluding hydrogens is 434 g/mol. The zero-order valence-corrected chi connectivity index (χ0v) is 19.0. The molecule has 1 aromatic heterocycles. The number of aromatic amines is 1. The second-order valence-corrected chi connectivity index (χ2v) is 8.26. The molecule has 2 amide bonds. The predicted octanol–water partition coefficient (Wildman–Crippen LogP) is 2.92. The van der Waals surface area contributed by atoms with E-state index in [1.807, 2.05) is 18.2 Å². The number of ether oxygens (including phenoxy) is 2. The highest BCUT2D eigenvalue weighted by Crippen LogP contribution is 2.35. The van der Waals surface area contributed by atoms with Gasteiger partial charge in [-0.05, 0) is 54.0 Å². The Labute approximate surface area is 196 Å². The molecule has 5 rings (SSSR count).